The van der Waals surface area contributed by atoms with Gasteiger partial charge < -0.3 is 10.1 Å². The Morgan fingerprint density at radius 1 is 1.33 bits per heavy atom. The molecule has 15 heavy (non-hydrogen) atoms. The maximum absolute atomic E-state index is 5.80. The fraction of sp³-hybridized carbons (Fsp3) is 0.500. The van der Waals surface area contributed by atoms with E-state index in [-0.39, 0.29) is 0 Å². The molecule has 0 saturated carbocycles. The maximum Gasteiger partial charge on any atom is 0.118 e. The molecule has 1 atom stereocenters. The molecule has 1 unspecified atom stereocenters. The molecule has 1 N–H and O–H groups in total. The van der Waals surface area contributed by atoms with Crippen molar-refractivity contribution in [3.8, 4) is 5.75 Å². The van der Waals surface area contributed by atoms with Crippen LogP contribution in [0.1, 0.15) is 18.9 Å². The Morgan fingerprint density at radius 2 is 2.00 bits per heavy atom. The number of ether oxygens (including phenoxy) is 1. The third kappa shape index (κ3) is 4.10. The van der Waals surface area contributed by atoms with E-state index >= 15 is 0 Å². The second-order valence-electron chi connectivity index (χ2n) is 3.49. The molecule has 1 rings (SSSR count). The van der Waals surface area contributed by atoms with Crippen LogP contribution in [0, 0.1) is 0 Å². The van der Waals surface area contributed by atoms with Crippen molar-refractivity contribution in [2.75, 3.05) is 13.0 Å². The van der Waals surface area contributed by atoms with Crippen molar-refractivity contribution < 1.29 is 4.74 Å². The van der Waals surface area contributed by atoms with E-state index in [0.29, 0.717) is 11.9 Å². The van der Waals surface area contributed by atoms with Gasteiger partial charge in [-0.15, -0.1) is 11.6 Å². The largest absolute Gasteiger partial charge is 0.497 e. The predicted octanol–water partition coefficient (Wildman–Crippen LogP) is 2.80. The fourth-order valence-electron chi connectivity index (χ4n) is 1.31. The molecular weight excluding hydrogens is 210 g/mol. The number of nitrogens with one attached hydrogen (secondary N) is 1. The van der Waals surface area contributed by atoms with Crippen molar-refractivity contribution in [2.24, 2.45) is 0 Å². The minimum Gasteiger partial charge on any atom is -0.497 e. The summed E-state index contributed by atoms with van der Waals surface area (Å²) < 4.78 is 5.10. The van der Waals surface area contributed by atoms with Gasteiger partial charge in [0.2, 0.25) is 0 Å². The Balaban J connectivity index is 2.43. The summed E-state index contributed by atoms with van der Waals surface area (Å²) in [5.74, 6) is 1.55. The molecule has 0 fully saturated rings. The molecule has 84 valence electrons. The standard InChI is InChI=1S/C12H18ClNO/c1-3-11(8-13)14-9-10-4-6-12(15-2)7-5-10/h4-7,11,14H,3,8-9H2,1-2H3. The number of hydrogen-bond acceptors (Lipinski definition) is 2. The molecule has 1 aromatic carbocycles. The molecule has 3 heteroatoms. The zero-order valence-electron chi connectivity index (χ0n) is 9.29. The molecule has 0 amide bonds. The molecule has 0 radical (unpaired) electrons. The van der Waals surface area contributed by atoms with E-state index in [1.54, 1.807) is 7.11 Å². The molecule has 0 heterocycles. The van der Waals surface area contributed by atoms with Crippen LogP contribution >= 0.6 is 11.6 Å². The van der Waals surface area contributed by atoms with Crippen LogP contribution in [-0.2, 0) is 6.54 Å². The first-order chi connectivity index (χ1) is 7.30. The van der Waals surface area contributed by atoms with Gasteiger partial charge >= 0.3 is 0 Å². The topological polar surface area (TPSA) is 21.3 Å². The summed E-state index contributed by atoms with van der Waals surface area (Å²) in [5.41, 5.74) is 1.25. The van der Waals surface area contributed by atoms with Crippen LogP contribution in [0.5, 0.6) is 5.75 Å². The highest BCUT2D eigenvalue weighted by Gasteiger charge is 2.02. The van der Waals surface area contributed by atoms with E-state index in [2.05, 4.69) is 24.4 Å². The lowest BCUT2D eigenvalue weighted by Gasteiger charge is -2.13. The molecular formula is C12H18ClNO. The minimum absolute atomic E-state index is 0.397. The van der Waals surface area contributed by atoms with E-state index in [0.717, 1.165) is 18.7 Å². The van der Waals surface area contributed by atoms with Crippen LogP contribution in [0.25, 0.3) is 0 Å². The molecule has 2 nitrogen and oxygen atoms in total. The maximum atomic E-state index is 5.80. The predicted molar refractivity (Wildman–Crippen MR) is 64.6 cm³/mol. The lowest BCUT2D eigenvalue weighted by molar-refractivity contribution is 0.414. The second kappa shape index (κ2) is 6.70. The molecule has 1 aromatic rings. The lowest BCUT2D eigenvalue weighted by atomic mass is 10.2. The van der Waals surface area contributed by atoms with Gasteiger partial charge in [-0.25, -0.2) is 0 Å². The highest BCUT2D eigenvalue weighted by molar-refractivity contribution is 6.18. The minimum atomic E-state index is 0.397. The third-order valence-corrected chi connectivity index (χ3v) is 2.81. The molecule has 0 aliphatic rings. The first-order valence-corrected chi connectivity index (χ1v) is 5.75. The summed E-state index contributed by atoms with van der Waals surface area (Å²) in [6.07, 6.45) is 1.06. The number of rotatable bonds is 6. The van der Waals surface area contributed by atoms with Crippen molar-refractivity contribution in [2.45, 2.75) is 25.9 Å². The van der Waals surface area contributed by atoms with E-state index < -0.39 is 0 Å². The third-order valence-electron chi connectivity index (χ3n) is 2.43. The van der Waals surface area contributed by atoms with Gasteiger partial charge in [0, 0.05) is 18.5 Å². The van der Waals surface area contributed by atoms with Crippen LogP contribution in [0.3, 0.4) is 0 Å². The average Bonchev–Trinajstić information content (AvgIpc) is 2.31. The number of hydrogen-bond donors (Lipinski definition) is 1. The first-order valence-electron chi connectivity index (χ1n) is 5.22. The number of methoxy groups -OCH3 is 1. The van der Waals surface area contributed by atoms with Crippen molar-refractivity contribution in [1.29, 1.82) is 0 Å². The average molecular weight is 228 g/mol. The van der Waals surface area contributed by atoms with Crippen molar-refractivity contribution in [3.05, 3.63) is 29.8 Å². The van der Waals surface area contributed by atoms with Crippen LogP contribution in [0.4, 0.5) is 0 Å². The molecule has 0 aliphatic carbocycles. The number of halogens is 1. The molecule has 0 spiro atoms. The van der Waals surface area contributed by atoms with E-state index in [1.165, 1.54) is 5.56 Å². The lowest BCUT2D eigenvalue weighted by Crippen LogP contribution is -2.29. The van der Waals surface area contributed by atoms with Crippen LogP contribution in [0.15, 0.2) is 24.3 Å². The number of benzene rings is 1. The Bertz CT molecular complexity index is 269. The zero-order valence-corrected chi connectivity index (χ0v) is 10.1. The van der Waals surface area contributed by atoms with Gasteiger partial charge in [-0.3, -0.25) is 0 Å². The monoisotopic (exact) mass is 227 g/mol. The SMILES string of the molecule is CCC(CCl)NCc1ccc(OC)cc1. The second-order valence-corrected chi connectivity index (χ2v) is 3.80. The highest BCUT2D eigenvalue weighted by Crippen LogP contribution is 2.11. The summed E-state index contributed by atoms with van der Waals surface area (Å²) in [7, 11) is 1.67. The summed E-state index contributed by atoms with van der Waals surface area (Å²) in [4.78, 5) is 0. The highest BCUT2D eigenvalue weighted by atomic mass is 35.5. The van der Waals surface area contributed by atoms with Crippen molar-refractivity contribution in [1.82, 2.24) is 5.32 Å². The summed E-state index contributed by atoms with van der Waals surface area (Å²) in [6, 6.07) is 8.46. The smallest absolute Gasteiger partial charge is 0.118 e. The van der Waals surface area contributed by atoms with Gasteiger partial charge in [-0.1, -0.05) is 19.1 Å². The zero-order chi connectivity index (χ0) is 11.1. The fourth-order valence-corrected chi connectivity index (χ4v) is 1.64. The van der Waals surface area contributed by atoms with Gasteiger partial charge in [0.05, 0.1) is 7.11 Å². The van der Waals surface area contributed by atoms with Crippen LogP contribution in [0.2, 0.25) is 0 Å². The summed E-state index contributed by atoms with van der Waals surface area (Å²) in [6.45, 7) is 2.99. The molecule has 0 bridgehead atoms. The van der Waals surface area contributed by atoms with E-state index in [4.69, 9.17) is 16.3 Å². The Labute approximate surface area is 96.6 Å². The summed E-state index contributed by atoms with van der Waals surface area (Å²) in [5, 5.41) is 3.40. The van der Waals surface area contributed by atoms with Crippen LogP contribution in [-0.4, -0.2) is 19.0 Å². The van der Waals surface area contributed by atoms with Gasteiger partial charge in [0.1, 0.15) is 5.75 Å². The van der Waals surface area contributed by atoms with Crippen molar-refractivity contribution in [3.63, 3.8) is 0 Å². The van der Waals surface area contributed by atoms with E-state index in [1.807, 2.05) is 12.1 Å². The molecule has 0 aromatic heterocycles. The van der Waals surface area contributed by atoms with Gasteiger partial charge in [-0.05, 0) is 24.1 Å². The Hall–Kier alpha value is -0.730. The van der Waals surface area contributed by atoms with Crippen LogP contribution < -0.4 is 10.1 Å². The quantitative estimate of drug-likeness (QED) is 0.755. The van der Waals surface area contributed by atoms with Gasteiger partial charge in [0.25, 0.3) is 0 Å². The van der Waals surface area contributed by atoms with Gasteiger partial charge in [0.15, 0.2) is 0 Å². The van der Waals surface area contributed by atoms with E-state index in [9.17, 15) is 0 Å². The normalized spacial score (nSPS) is 12.5. The number of alkyl halides is 1. The Morgan fingerprint density at radius 3 is 2.47 bits per heavy atom. The molecule has 0 saturated heterocycles. The molecule has 0 aliphatic heterocycles. The first kappa shape index (κ1) is 12.3. The summed E-state index contributed by atoms with van der Waals surface area (Å²) >= 11 is 5.80. The van der Waals surface area contributed by atoms with Crippen molar-refractivity contribution >= 4 is 11.6 Å². The Kier molecular flexibility index (Phi) is 5.51. The van der Waals surface area contributed by atoms with Gasteiger partial charge in [-0.2, -0.15) is 0 Å².